The molecular weight excluding hydrogens is 422 g/mol. The van der Waals surface area contributed by atoms with E-state index in [0.29, 0.717) is 17.8 Å². The molecule has 0 spiro atoms. The Hall–Kier alpha value is -2.71. The minimum absolute atomic E-state index is 0.100. The summed E-state index contributed by atoms with van der Waals surface area (Å²) in [6.45, 7) is 1.45. The van der Waals surface area contributed by atoms with Crippen LogP contribution < -0.4 is 10.6 Å². The number of aromatic nitrogens is 2. The molecule has 0 aliphatic carbocycles. The summed E-state index contributed by atoms with van der Waals surface area (Å²) < 4.78 is 2.36. The third-order valence-electron chi connectivity index (χ3n) is 4.18. The molecule has 1 heterocycles. The van der Waals surface area contributed by atoms with Gasteiger partial charge in [0, 0.05) is 34.7 Å². The van der Waals surface area contributed by atoms with Gasteiger partial charge < -0.3 is 15.5 Å². The normalized spacial score (nSPS) is 11.0. The van der Waals surface area contributed by atoms with Gasteiger partial charge in [0.2, 0.25) is 5.91 Å². The number of rotatable bonds is 7. The fraction of sp³-hybridized carbons (Fsp3) is 0.250. The number of halogens is 1. The molecule has 0 radical (unpaired) electrons. The molecule has 0 aliphatic rings. The Morgan fingerprint density at radius 3 is 2.68 bits per heavy atom. The van der Waals surface area contributed by atoms with Crippen LogP contribution in [0.2, 0.25) is 0 Å². The molecule has 7 nitrogen and oxygen atoms in total. The minimum Gasteiger partial charge on any atom is -0.353 e. The molecule has 0 aliphatic heterocycles. The van der Waals surface area contributed by atoms with Crippen LogP contribution >= 0.6 is 15.9 Å². The average Bonchev–Trinajstić information content (AvgIpc) is 3.07. The molecule has 3 rings (SSSR count). The van der Waals surface area contributed by atoms with Crippen LogP contribution in [0.5, 0.6) is 0 Å². The lowest BCUT2D eigenvalue weighted by Crippen LogP contribution is -2.33. The summed E-state index contributed by atoms with van der Waals surface area (Å²) in [7, 11) is 3.90. The van der Waals surface area contributed by atoms with Crippen LogP contribution in [-0.4, -0.2) is 53.7 Å². The van der Waals surface area contributed by atoms with Gasteiger partial charge >= 0.3 is 0 Å². The molecule has 0 fully saturated rings. The van der Waals surface area contributed by atoms with Gasteiger partial charge in [-0.3, -0.25) is 14.3 Å². The first-order chi connectivity index (χ1) is 13.4. The van der Waals surface area contributed by atoms with Gasteiger partial charge in [0.25, 0.3) is 5.91 Å². The Bertz CT molecular complexity index is 994. The average molecular weight is 444 g/mol. The molecule has 2 N–H and O–H groups in total. The van der Waals surface area contributed by atoms with Gasteiger partial charge in [-0.25, -0.2) is 0 Å². The summed E-state index contributed by atoms with van der Waals surface area (Å²) in [4.78, 5) is 26.7. The number of amides is 2. The maximum atomic E-state index is 12.8. The molecule has 2 amide bonds. The van der Waals surface area contributed by atoms with E-state index in [2.05, 4.69) is 31.7 Å². The van der Waals surface area contributed by atoms with E-state index in [1.165, 1.54) is 10.9 Å². The molecule has 0 saturated heterocycles. The van der Waals surface area contributed by atoms with E-state index in [9.17, 15) is 9.59 Å². The quantitative estimate of drug-likeness (QED) is 0.588. The largest absolute Gasteiger partial charge is 0.353 e. The second kappa shape index (κ2) is 8.99. The molecule has 0 unspecified atom stereocenters. The lowest BCUT2D eigenvalue weighted by Gasteiger charge is -2.10. The smallest absolute Gasteiger partial charge is 0.256 e. The fourth-order valence-corrected chi connectivity index (χ4v) is 3.41. The third kappa shape index (κ3) is 4.96. The predicted molar refractivity (Wildman–Crippen MR) is 113 cm³/mol. The lowest BCUT2D eigenvalue weighted by atomic mass is 10.0. The van der Waals surface area contributed by atoms with Crippen LogP contribution in [0.3, 0.4) is 0 Å². The van der Waals surface area contributed by atoms with Gasteiger partial charge in [-0.05, 0) is 31.6 Å². The molecule has 0 saturated carbocycles. The maximum Gasteiger partial charge on any atom is 0.256 e. The Balaban J connectivity index is 1.66. The van der Waals surface area contributed by atoms with Gasteiger partial charge in [-0.2, -0.15) is 5.10 Å². The number of anilines is 1. The van der Waals surface area contributed by atoms with Crippen LogP contribution in [-0.2, 0) is 11.3 Å². The van der Waals surface area contributed by atoms with Crippen LogP contribution in [0.1, 0.15) is 10.4 Å². The fourth-order valence-electron chi connectivity index (χ4n) is 2.82. The van der Waals surface area contributed by atoms with Gasteiger partial charge in [-0.1, -0.05) is 40.2 Å². The van der Waals surface area contributed by atoms with E-state index < -0.39 is 0 Å². The maximum absolute atomic E-state index is 12.8. The lowest BCUT2D eigenvalue weighted by molar-refractivity contribution is -0.121. The number of hydrogen-bond acceptors (Lipinski definition) is 4. The summed E-state index contributed by atoms with van der Waals surface area (Å²) >= 11 is 3.52. The Kier molecular flexibility index (Phi) is 6.43. The van der Waals surface area contributed by atoms with Crippen molar-refractivity contribution in [3.05, 3.63) is 58.8 Å². The van der Waals surface area contributed by atoms with Crippen LogP contribution in [0, 0.1) is 0 Å². The first-order valence-electron chi connectivity index (χ1n) is 8.86. The second-order valence-corrected chi connectivity index (χ2v) is 7.53. The van der Waals surface area contributed by atoms with E-state index >= 15 is 0 Å². The van der Waals surface area contributed by atoms with E-state index in [1.807, 2.05) is 49.3 Å². The van der Waals surface area contributed by atoms with E-state index in [4.69, 9.17) is 0 Å². The molecule has 2 aromatic carbocycles. The van der Waals surface area contributed by atoms with E-state index in [1.54, 1.807) is 12.3 Å². The summed E-state index contributed by atoms with van der Waals surface area (Å²) in [6, 6.07) is 11.4. The molecule has 28 heavy (non-hydrogen) atoms. The Morgan fingerprint density at radius 2 is 1.93 bits per heavy atom. The first-order valence-corrected chi connectivity index (χ1v) is 9.66. The molecular formula is C20H22BrN5O2. The zero-order valence-corrected chi connectivity index (χ0v) is 17.4. The monoisotopic (exact) mass is 443 g/mol. The van der Waals surface area contributed by atoms with Crippen LogP contribution in [0.4, 0.5) is 5.69 Å². The summed E-state index contributed by atoms with van der Waals surface area (Å²) in [5.74, 6) is -0.353. The van der Waals surface area contributed by atoms with Gasteiger partial charge in [0.15, 0.2) is 0 Å². The number of hydrogen-bond donors (Lipinski definition) is 2. The van der Waals surface area contributed by atoms with Crippen molar-refractivity contribution in [2.24, 2.45) is 0 Å². The van der Waals surface area contributed by atoms with Gasteiger partial charge in [-0.15, -0.1) is 0 Å². The Morgan fingerprint density at radius 1 is 1.18 bits per heavy atom. The summed E-state index contributed by atoms with van der Waals surface area (Å²) in [5, 5.41) is 11.7. The van der Waals surface area contributed by atoms with Crippen molar-refractivity contribution in [1.82, 2.24) is 20.0 Å². The van der Waals surface area contributed by atoms with Crippen molar-refractivity contribution in [3.8, 4) is 0 Å². The van der Waals surface area contributed by atoms with Crippen molar-refractivity contribution in [1.29, 1.82) is 0 Å². The molecule has 0 bridgehead atoms. The van der Waals surface area contributed by atoms with Crippen molar-refractivity contribution in [2.45, 2.75) is 6.54 Å². The molecule has 146 valence electrons. The number of nitrogens with zero attached hydrogens (tertiary/aromatic N) is 3. The first kappa shape index (κ1) is 20.0. The molecule has 8 heteroatoms. The second-order valence-electron chi connectivity index (χ2n) is 6.68. The van der Waals surface area contributed by atoms with E-state index in [0.717, 1.165) is 21.8 Å². The highest BCUT2D eigenvalue weighted by Crippen LogP contribution is 2.27. The van der Waals surface area contributed by atoms with E-state index in [-0.39, 0.29) is 18.4 Å². The number of likely N-dealkylation sites (N-methyl/N-ethyl adjacent to an activating group) is 1. The van der Waals surface area contributed by atoms with Crippen LogP contribution in [0.25, 0.3) is 10.8 Å². The number of benzene rings is 2. The van der Waals surface area contributed by atoms with Crippen molar-refractivity contribution < 1.29 is 9.59 Å². The molecule has 0 atom stereocenters. The summed E-state index contributed by atoms with van der Waals surface area (Å²) in [5.41, 5.74) is 1.11. The van der Waals surface area contributed by atoms with Crippen molar-refractivity contribution in [2.75, 3.05) is 32.5 Å². The zero-order chi connectivity index (χ0) is 20.1. The highest BCUT2D eigenvalue weighted by atomic mass is 79.9. The topological polar surface area (TPSA) is 79.3 Å². The van der Waals surface area contributed by atoms with Crippen molar-refractivity contribution >= 4 is 44.2 Å². The third-order valence-corrected chi connectivity index (χ3v) is 4.84. The number of carbonyl (C=O) groups excluding carboxylic acids is 2. The predicted octanol–water partition coefficient (Wildman–Crippen LogP) is 2.73. The number of nitrogens with one attached hydrogen (secondary N) is 2. The molecule has 1 aromatic heterocycles. The minimum atomic E-state index is -0.229. The Labute approximate surface area is 171 Å². The summed E-state index contributed by atoms with van der Waals surface area (Å²) in [6.07, 6.45) is 3.18. The van der Waals surface area contributed by atoms with Crippen LogP contribution in [0.15, 0.2) is 53.3 Å². The zero-order valence-electron chi connectivity index (χ0n) is 15.8. The van der Waals surface area contributed by atoms with Gasteiger partial charge in [0.05, 0.1) is 11.9 Å². The highest BCUT2D eigenvalue weighted by molar-refractivity contribution is 9.10. The van der Waals surface area contributed by atoms with Crippen molar-refractivity contribution in [3.63, 3.8) is 0 Å². The molecule has 3 aromatic rings. The highest BCUT2D eigenvalue weighted by Gasteiger charge is 2.13. The standard InChI is InChI=1S/C20H22BrN5O2/c1-25(2)10-9-22-18(27)13-26-12-15(11-23-26)24-20(28)16-7-3-5-14-6-4-8-17(21)19(14)16/h3-8,11-12H,9-10,13H2,1-2H3,(H,22,27)(H,24,28). The van der Waals surface area contributed by atoms with Gasteiger partial charge in [0.1, 0.15) is 6.54 Å². The number of fused-ring (bicyclic) bond motifs is 1. The SMILES string of the molecule is CN(C)CCNC(=O)Cn1cc(NC(=O)c2cccc3cccc(Br)c23)cn1. The number of carbonyl (C=O) groups is 2.